The van der Waals surface area contributed by atoms with Crippen LogP contribution >= 0.6 is 11.6 Å². The number of aromatic nitrogens is 2. The summed E-state index contributed by atoms with van der Waals surface area (Å²) in [5, 5.41) is 0.592. The average Bonchev–Trinajstić information content (AvgIpc) is 3.31. The molecule has 4 aromatic carbocycles. The van der Waals surface area contributed by atoms with Crippen LogP contribution in [0.5, 0.6) is 11.5 Å². The van der Waals surface area contributed by atoms with Crippen molar-refractivity contribution >= 4 is 28.5 Å². The molecule has 5 aromatic rings. The summed E-state index contributed by atoms with van der Waals surface area (Å²) in [5.74, 6) is 1.86. The highest BCUT2D eigenvalue weighted by atomic mass is 35.5. The molecule has 0 saturated carbocycles. The van der Waals surface area contributed by atoms with Crippen LogP contribution in [0.3, 0.4) is 0 Å². The van der Waals surface area contributed by atoms with Crippen LogP contribution in [0.1, 0.15) is 22.8 Å². The summed E-state index contributed by atoms with van der Waals surface area (Å²) in [7, 11) is 0. The number of imidazole rings is 1. The zero-order valence-corrected chi connectivity index (χ0v) is 19.4. The van der Waals surface area contributed by atoms with Crippen molar-refractivity contribution in [3.8, 4) is 22.9 Å². The Balaban J connectivity index is 0.000000210. The maximum absolute atomic E-state index is 10.7. The van der Waals surface area contributed by atoms with E-state index in [0.717, 1.165) is 40.2 Å². The van der Waals surface area contributed by atoms with Crippen LogP contribution in [0.2, 0.25) is 5.02 Å². The van der Waals surface area contributed by atoms with E-state index >= 15 is 0 Å². The number of amides is 1. The summed E-state index contributed by atoms with van der Waals surface area (Å²) in [6.45, 7) is 2.04. The lowest BCUT2D eigenvalue weighted by Gasteiger charge is -2.07. The molecule has 3 N–H and O–H groups in total. The molecule has 0 aliphatic rings. The van der Waals surface area contributed by atoms with Crippen molar-refractivity contribution in [2.75, 3.05) is 0 Å². The maximum Gasteiger partial charge on any atom is 0.248 e. The first-order valence-corrected chi connectivity index (χ1v) is 11.3. The normalized spacial score (nSPS) is 10.4. The number of primary amides is 1. The van der Waals surface area contributed by atoms with E-state index in [2.05, 4.69) is 9.97 Å². The van der Waals surface area contributed by atoms with Gasteiger partial charge < -0.3 is 15.5 Å². The van der Waals surface area contributed by atoms with Crippen molar-refractivity contribution in [1.29, 1.82) is 0 Å². The zero-order valence-electron chi connectivity index (χ0n) is 18.7. The Hall–Kier alpha value is -4.09. The first-order valence-electron chi connectivity index (χ1n) is 10.9. The van der Waals surface area contributed by atoms with Crippen LogP contribution in [0.4, 0.5) is 0 Å². The number of aryl methyl sites for hydroxylation is 1. The monoisotopic (exact) mass is 469 g/mol. The topological polar surface area (TPSA) is 81.0 Å². The van der Waals surface area contributed by atoms with Gasteiger partial charge in [0.15, 0.2) is 0 Å². The largest absolute Gasteiger partial charge is 0.456 e. The molecule has 0 aliphatic carbocycles. The predicted molar refractivity (Wildman–Crippen MR) is 137 cm³/mol. The number of ether oxygens (including phenoxy) is 1. The van der Waals surface area contributed by atoms with Crippen LogP contribution in [0.15, 0.2) is 97.1 Å². The summed E-state index contributed by atoms with van der Waals surface area (Å²) in [6, 6.07) is 30.5. The number of nitrogens with zero attached hydrogens (tertiary/aromatic N) is 1. The third kappa shape index (κ3) is 5.63. The van der Waals surface area contributed by atoms with Gasteiger partial charge in [-0.1, -0.05) is 54.9 Å². The van der Waals surface area contributed by atoms with E-state index < -0.39 is 0 Å². The molecule has 0 fully saturated rings. The average molecular weight is 470 g/mol. The Labute approximate surface area is 203 Å². The molecular weight excluding hydrogens is 446 g/mol. The van der Waals surface area contributed by atoms with Crippen LogP contribution in [-0.4, -0.2) is 15.9 Å². The van der Waals surface area contributed by atoms with E-state index in [9.17, 15) is 4.79 Å². The van der Waals surface area contributed by atoms with Gasteiger partial charge in [-0.3, -0.25) is 4.79 Å². The van der Waals surface area contributed by atoms with E-state index in [0.29, 0.717) is 16.3 Å². The van der Waals surface area contributed by atoms with Gasteiger partial charge in [0.25, 0.3) is 0 Å². The van der Waals surface area contributed by atoms with Crippen molar-refractivity contribution in [3.63, 3.8) is 0 Å². The van der Waals surface area contributed by atoms with E-state index in [4.69, 9.17) is 22.1 Å². The minimum atomic E-state index is -0.361. The maximum atomic E-state index is 10.7. The molecule has 5 rings (SSSR count). The number of hydrogen-bond acceptors (Lipinski definition) is 3. The zero-order chi connectivity index (χ0) is 23.9. The SMILES string of the molecule is CCc1cccc(C(N)=O)c1.Clc1ccccc1Oc1ccc(-c2nc3ccccc3[nH]2)cc1. The number of hydrogen-bond donors (Lipinski definition) is 2. The second-order valence-corrected chi connectivity index (χ2v) is 7.98. The Kier molecular flexibility index (Phi) is 7.25. The number of para-hydroxylation sites is 3. The van der Waals surface area contributed by atoms with Crippen molar-refractivity contribution < 1.29 is 9.53 Å². The number of halogens is 1. The van der Waals surface area contributed by atoms with Gasteiger partial charge in [-0.2, -0.15) is 0 Å². The van der Waals surface area contributed by atoms with Gasteiger partial charge >= 0.3 is 0 Å². The van der Waals surface area contributed by atoms with E-state index in [-0.39, 0.29) is 5.91 Å². The molecule has 6 heteroatoms. The number of aromatic amines is 1. The van der Waals surface area contributed by atoms with E-state index in [1.54, 1.807) is 12.1 Å². The Morgan fingerprint density at radius 3 is 2.38 bits per heavy atom. The minimum Gasteiger partial charge on any atom is -0.456 e. The van der Waals surface area contributed by atoms with Gasteiger partial charge in [0.2, 0.25) is 5.91 Å². The first-order chi connectivity index (χ1) is 16.5. The van der Waals surface area contributed by atoms with Crippen LogP contribution in [-0.2, 0) is 6.42 Å². The summed E-state index contributed by atoms with van der Waals surface area (Å²) in [4.78, 5) is 18.6. The number of carbonyl (C=O) groups is 1. The van der Waals surface area contributed by atoms with Gasteiger partial charge in [0, 0.05) is 11.1 Å². The fourth-order valence-corrected chi connectivity index (χ4v) is 3.54. The molecule has 5 nitrogen and oxygen atoms in total. The lowest BCUT2D eigenvalue weighted by Crippen LogP contribution is -2.10. The lowest BCUT2D eigenvalue weighted by molar-refractivity contribution is 0.1000. The molecule has 0 unspecified atom stereocenters. The molecule has 0 saturated heterocycles. The van der Waals surface area contributed by atoms with Crippen LogP contribution in [0.25, 0.3) is 22.4 Å². The first kappa shape index (κ1) is 23.1. The molecule has 1 heterocycles. The van der Waals surface area contributed by atoms with Crippen molar-refractivity contribution in [1.82, 2.24) is 9.97 Å². The minimum absolute atomic E-state index is 0.361. The molecule has 0 atom stereocenters. The highest BCUT2D eigenvalue weighted by Crippen LogP contribution is 2.30. The number of rotatable bonds is 5. The number of benzene rings is 4. The Bertz CT molecular complexity index is 1380. The second-order valence-electron chi connectivity index (χ2n) is 7.58. The highest BCUT2D eigenvalue weighted by Gasteiger charge is 2.06. The Morgan fingerprint density at radius 2 is 1.68 bits per heavy atom. The second kappa shape index (κ2) is 10.7. The molecule has 1 amide bonds. The summed E-state index contributed by atoms with van der Waals surface area (Å²) >= 11 is 6.11. The molecule has 1 aromatic heterocycles. The summed E-state index contributed by atoms with van der Waals surface area (Å²) in [5.41, 5.74) is 9.82. The highest BCUT2D eigenvalue weighted by molar-refractivity contribution is 6.32. The quantitative estimate of drug-likeness (QED) is 0.290. The van der Waals surface area contributed by atoms with Gasteiger partial charge in [0.05, 0.1) is 16.1 Å². The molecule has 0 radical (unpaired) electrons. The van der Waals surface area contributed by atoms with Crippen molar-refractivity contribution in [2.24, 2.45) is 5.73 Å². The summed E-state index contributed by atoms with van der Waals surface area (Å²) in [6.07, 6.45) is 0.932. The van der Waals surface area contributed by atoms with E-state index in [1.807, 2.05) is 91.9 Å². The smallest absolute Gasteiger partial charge is 0.248 e. The molecule has 0 aliphatic heterocycles. The lowest BCUT2D eigenvalue weighted by atomic mass is 10.1. The summed E-state index contributed by atoms with van der Waals surface area (Å²) < 4.78 is 5.80. The van der Waals surface area contributed by atoms with Gasteiger partial charge in [-0.25, -0.2) is 4.98 Å². The van der Waals surface area contributed by atoms with Crippen molar-refractivity contribution in [2.45, 2.75) is 13.3 Å². The predicted octanol–water partition coefficient (Wildman–Crippen LogP) is 7.02. The number of nitrogens with two attached hydrogens (primary N) is 1. The molecule has 170 valence electrons. The number of nitrogens with one attached hydrogen (secondary N) is 1. The standard InChI is InChI=1S/C19H13ClN2O.C9H11NO/c20-15-5-1-4-8-18(15)23-14-11-9-13(10-12-14)19-21-16-6-2-3-7-17(16)22-19;1-2-7-4-3-5-8(6-7)9(10)11/h1-12H,(H,21,22);3-6H,2H2,1H3,(H2,10,11). The molecule has 0 bridgehead atoms. The van der Waals surface area contributed by atoms with Gasteiger partial charge in [-0.05, 0) is 72.6 Å². The number of fused-ring (bicyclic) bond motifs is 1. The van der Waals surface area contributed by atoms with Crippen molar-refractivity contribution in [3.05, 3.63) is 113 Å². The fourth-order valence-electron chi connectivity index (χ4n) is 3.37. The molecule has 0 spiro atoms. The van der Waals surface area contributed by atoms with E-state index in [1.165, 1.54) is 0 Å². The van der Waals surface area contributed by atoms with Gasteiger partial charge in [-0.15, -0.1) is 0 Å². The fraction of sp³-hybridized carbons (Fsp3) is 0.0714. The Morgan fingerprint density at radius 1 is 0.941 bits per heavy atom. The van der Waals surface area contributed by atoms with Crippen LogP contribution in [0, 0.1) is 0 Å². The van der Waals surface area contributed by atoms with Gasteiger partial charge in [0.1, 0.15) is 17.3 Å². The number of H-pyrrole nitrogens is 1. The third-order valence-corrected chi connectivity index (χ3v) is 5.51. The molecular formula is C28H24ClN3O2. The molecule has 34 heavy (non-hydrogen) atoms. The van der Waals surface area contributed by atoms with Crippen LogP contribution < -0.4 is 10.5 Å². The number of carbonyl (C=O) groups excluding carboxylic acids is 1. The third-order valence-electron chi connectivity index (χ3n) is 5.20.